The summed E-state index contributed by atoms with van der Waals surface area (Å²) in [5.74, 6) is 0.835. The van der Waals surface area contributed by atoms with Gasteiger partial charge in [0.25, 0.3) is 5.91 Å². The van der Waals surface area contributed by atoms with Gasteiger partial charge in [-0.25, -0.2) is 4.98 Å². The molecule has 7 heteroatoms. The molecule has 1 amide bonds. The van der Waals surface area contributed by atoms with Crippen LogP contribution in [0.1, 0.15) is 15.4 Å². The zero-order chi connectivity index (χ0) is 13.2. The maximum atomic E-state index is 12.2. The van der Waals surface area contributed by atoms with Gasteiger partial charge in [-0.1, -0.05) is 11.8 Å². The average Bonchev–Trinajstić information content (AvgIpc) is 3.07. The molecule has 1 N–H and O–H groups in total. The number of amides is 1. The van der Waals surface area contributed by atoms with Crippen molar-refractivity contribution in [2.24, 2.45) is 4.99 Å². The predicted octanol–water partition coefficient (Wildman–Crippen LogP) is 3.01. The Morgan fingerprint density at radius 3 is 3.05 bits per heavy atom. The first-order valence-electron chi connectivity index (χ1n) is 5.72. The minimum absolute atomic E-state index is 0.107. The third kappa shape index (κ3) is 2.72. The monoisotopic (exact) mass is 309 g/mol. The van der Waals surface area contributed by atoms with Crippen molar-refractivity contribution in [1.29, 1.82) is 0 Å². The van der Waals surface area contributed by atoms with Crippen LogP contribution in [0.15, 0.2) is 21.8 Å². The van der Waals surface area contributed by atoms with Crippen molar-refractivity contribution in [3.05, 3.63) is 27.4 Å². The molecule has 0 aromatic carbocycles. The van der Waals surface area contributed by atoms with Crippen LogP contribution in [0, 0.1) is 6.92 Å². The lowest BCUT2D eigenvalue weighted by Crippen LogP contribution is -2.27. The van der Waals surface area contributed by atoms with E-state index in [1.807, 2.05) is 23.8 Å². The van der Waals surface area contributed by atoms with Gasteiger partial charge in [0.05, 0.1) is 12.2 Å². The zero-order valence-electron chi connectivity index (χ0n) is 10.2. The summed E-state index contributed by atoms with van der Waals surface area (Å²) in [6.45, 7) is 2.65. The van der Waals surface area contributed by atoms with Crippen molar-refractivity contribution in [2.45, 2.75) is 6.92 Å². The summed E-state index contributed by atoms with van der Waals surface area (Å²) in [5, 5.41) is 8.50. The highest BCUT2D eigenvalue weighted by molar-refractivity contribution is 8.14. The summed E-state index contributed by atoms with van der Waals surface area (Å²) < 4.78 is 0. The van der Waals surface area contributed by atoms with Gasteiger partial charge in [-0.15, -0.1) is 11.3 Å². The highest BCUT2D eigenvalue weighted by Crippen LogP contribution is 2.29. The minimum atomic E-state index is -0.107. The molecule has 0 saturated carbocycles. The van der Waals surface area contributed by atoms with E-state index in [9.17, 15) is 4.79 Å². The Labute approximate surface area is 123 Å². The molecule has 0 saturated heterocycles. The lowest BCUT2D eigenvalue weighted by atomic mass is 10.3. The van der Waals surface area contributed by atoms with Gasteiger partial charge in [-0.3, -0.25) is 9.79 Å². The Hall–Kier alpha value is -1.18. The lowest BCUT2D eigenvalue weighted by molar-refractivity contribution is 0.0981. The van der Waals surface area contributed by atoms with Crippen molar-refractivity contribution in [3.63, 3.8) is 0 Å². The van der Waals surface area contributed by atoms with Gasteiger partial charge in [0, 0.05) is 16.7 Å². The van der Waals surface area contributed by atoms with E-state index >= 15 is 0 Å². The van der Waals surface area contributed by atoms with E-state index in [1.54, 1.807) is 23.1 Å². The quantitative estimate of drug-likeness (QED) is 0.928. The summed E-state index contributed by atoms with van der Waals surface area (Å²) in [6, 6.07) is 2.02. The minimum Gasteiger partial charge on any atom is -0.301 e. The summed E-state index contributed by atoms with van der Waals surface area (Å²) >= 11 is 4.64. The van der Waals surface area contributed by atoms with Crippen LogP contribution in [0.3, 0.4) is 0 Å². The highest BCUT2D eigenvalue weighted by Gasteiger charge is 2.19. The van der Waals surface area contributed by atoms with E-state index in [0.29, 0.717) is 4.88 Å². The normalized spacial score (nSPS) is 14.5. The molecular weight excluding hydrogens is 298 g/mol. The fraction of sp³-hybridized carbons (Fsp3) is 0.250. The molecule has 2 aromatic rings. The molecule has 0 radical (unpaired) electrons. The van der Waals surface area contributed by atoms with Crippen LogP contribution in [-0.4, -0.2) is 28.4 Å². The van der Waals surface area contributed by atoms with Gasteiger partial charge >= 0.3 is 0 Å². The molecule has 0 unspecified atom stereocenters. The second kappa shape index (κ2) is 5.44. The second-order valence-electron chi connectivity index (χ2n) is 3.94. The van der Waals surface area contributed by atoms with Crippen LogP contribution in [0.5, 0.6) is 0 Å². The number of nitrogens with zero attached hydrogens (tertiary/aromatic N) is 2. The zero-order valence-corrected chi connectivity index (χ0v) is 12.6. The Kier molecular flexibility index (Phi) is 3.67. The summed E-state index contributed by atoms with van der Waals surface area (Å²) in [7, 11) is 0. The van der Waals surface area contributed by atoms with E-state index in [4.69, 9.17) is 0 Å². The molecule has 3 rings (SSSR count). The van der Waals surface area contributed by atoms with E-state index in [1.165, 1.54) is 11.3 Å². The van der Waals surface area contributed by atoms with Crippen LogP contribution >= 0.6 is 34.4 Å². The number of thioether (sulfide) groups is 1. The average molecular weight is 309 g/mol. The Morgan fingerprint density at radius 2 is 2.37 bits per heavy atom. The SMILES string of the molecule is Cc1nc(-c2ccsc2)sc1C(=O)NC1=NCCS1. The van der Waals surface area contributed by atoms with Crippen LogP contribution in [0.25, 0.3) is 10.6 Å². The molecule has 1 aliphatic rings. The molecule has 0 fully saturated rings. The molecule has 98 valence electrons. The van der Waals surface area contributed by atoms with E-state index in [-0.39, 0.29) is 5.91 Å². The molecule has 19 heavy (non-hydrogen) atoms. The predicted molar refractivity (Wildman–Crippen MR) is 82.4 cm³/mol. The molecule has 0 atom stereocenters. The molecule has 2 aromatic heterocycles. The van der Waals surface area contributed by atoms with Crippen molar-refractivity contribution >= 4 is 45.5 Å². The van der Waals surface area contributed by atoms with Crippen LogP contribution < -0.4 is 5.32 Å². The maximum Gasteiger partial charge on any atom is 0.269 e. The first kappa shape index (κ1) is 12.8. The molecule has 0 aliphatic carbocycles. The van der Waals surface area contributed by atoms with Gasteiger partial charge in [-0.2, -0.15) is 11.3 Å². The number of rotatable bonds is 2. The number of amidine groups is 1. The van der Waals surface area contributed by atoms with E-state index in [2.05, 4.69) is 15.3 Å². The van der Waals surface area contributed by atoms with Gasteiger partial charge in [-0.05, 0) is 18.4 Å². The van der Waals surface area contributed by atoms with Crippen molar-refractivity contribution in [2.75, 3.05) is 12.3 Å². The summed E-state index contributed by atoms with van der Waals surface area (Å²) in [5.41, 5.74) is 1.84. The van der Waals surface area contributed by atoms with Gasteiger partial charge < -0.3 is 5.32 Å². The second-order valence-corrected chi connectivity index (χ2v) is 6.80. The topological polar surface area (TPSA) is 54.4 Å². The number of aryl methyl sites for hydroxylation is 1. The molecule has 0 spiro atoms. The highest BCUT2D eigenvalue weighted by atomic mass is 32.2. The number of thiophene rings is 1. The number of hydrogen-bond acceptors (Lipinski definition) is 6. The number of aromatic nitrogens is 1. The lowest BCUT2D eigenvalue weighted by Gasteiger charge is -2.01. The molecule has 4 nitrogen and oxygen atoms in total. The Bertz CT molecular complexity index is 631. The van der Waals surface area contributed by atoms with Crippen molar-refractivity contribution in [3.8, 4) is 10.6 Å². The van der Waals surface area contributed by atoms with Gasteiger partial charge in [0.2, 0.25) is 0 Å². The number of aliphatic imine (C=N–C) groups is 1. The van der Waals surface area contributed by atoms with Crippen LogP contribution in [-0.2, 0) is 0 Å². The van der Waals surface area contributed by atoms with Crippen LogP contribution in [0.2, 0.25) is 0 Å². The molecule has 0 bridgehead atoms. The maximum absolute atomic E-state index is 12.2. The standard InChI is InChI=1S/C12H11N3OS3/c1-7-9(10(16)15-12-13-3-5-18-12)19-11(14-7)8-2-4-17-6-8/h2,4,6H,3,5H2,1H3,(H,13,15,16). The Balaban J connectivity index is 1.82. The number of hydrogen-bond donors (Lipinski definition) is 1. The van der Waals surface area contributed by atoms with Gasteiger partial charge in [0.1, 0.15) is 9.88 Å². The van der Waals surface area contributed by atoms with Crippen molar-refractivity contribution in [1.82, 2.24) is 10.3 Å². The first-order valence-corrected chi connectivity index (χ1v) is 8.47. The number of carbonyl (C=O) groups excluding carboxylic acids is 1. The molecular formula is C12H11N3OS3. The third-order valence-electron chi connectivity index (χ3n) is 2.58. The number of thiazole rings is 1. The largest absolute Gasteiger partial charge is 0.301 e. The molecule has 1 aliphatic heterocycles. The third-order valence-corrected chi connectivity index (χ3v) is 5.36. The summed E-state index contributed by atoms with van der Waals surface area (Å²) in [6.07, 6.45) is 0. The molecule has 3 heterocycles. The fourth-order valence-corrected chi connectivity index (χ4v) is 4.08. The smallest absolute Gasteiger partial charge is 0.269 e. The van der Waals surface area contributed by atoms with Crippen molar-refractivity contribution < 1.29 is 4.79 Å². The van der Waals surface area contributed by atoms with Gasteiger partial charge in [0.15, 0.2) is 5.17 Å². The van der Waals surface area contributed by atoms with E-state index < -0.39 is 0 Å². The fourth-order valence-electron chi connectivity index (χ4n) is 1.68. The van der Waals surface area contributed by atoms with Crippen LogP contribution in [0.4, 0.5) is 0 Å². The number of carbonyl (C=O) groups is 1. The first-order chi connectivity index (χ1) is 9.24. The Morgan fingerprint density at radius 1 is 1.47 bits per heavy atom. The summed E-state index contributed by atoms with van der Waals surface area (Å²) in [4.78, 5) is 21.5. The number of nitrogens with one attached hydrogen (secondary N) is 1. The van der Waals surface area contributed by atoms with E-state index in [0.717, 1.165) is 33.7 Å².